The summed E-state index contributed by atoms with van der Waals surface area (Å²) >= 11 is 0. The number of aromatic hydroxyl groups is 1. The molecule has 1 unspecified atom stereocenters. The first-order valence-corrected chi connectivity index (χ1v) is 9.47. The highest BCUT2D eigenvalue weighted by Crippen LogP contribution is 2.36. The molecule has 1 heterocycles. The number of carbonyl (C=O) groups excluding carboxylic acids is 1. The van der Waals surface area contributed by atoms with Gasteiger partial charge < -0.3 is 9.84 Å². The molecule has 0 saturated heterocycles. The number of nitrogens with zero attached hydrogens (tertiary/aromatic N) is 2. The molecule has 5 nitrogen and oxygen atoms in total. The number of amides is 1. The van der Waals surface area contributed by atoms with E-state index in [0.717, 1.165) is 16.9 Å². The summed E-state index contributed by atoms with van der Waals surface area (Å²) in [4.78, 5) is 13.3. The van der Waals surface area contributed by atoms with E-state index in [1.54, 1.807) is 19.2 Å². The average molecular weight is 386 g/mol. The predicted molar refractivity (Wildman–Crippen MR) is 112 cm³/mol. The number of aryl methyl sites for hydroxylation is 1. The van der Waals surface area contributed by atoms with Crippen LogP contribution >= 0.6 is 0 Å². The van der Waals surface area contributed by atoms with Crippen LogP contribution in [0.2, 0.25) is 0 Å². The minimum absolute atomic E-state index is 0.157. The Morgan fingerprint density at radius 1 is 1.03 bits per heavy atom. The van der Waals surface area contributed by atoms with E-state index in [1.807, 2.05) is 67.6 Å². The number of methoxy groups -OCH3 is 1. The number of phenols is 1. The maximum atomic E-state index is 13.3. The zero-order valence-electron chi connectivity index (χ0n) is 16.4. The summed E-state index contributed by atoms with van der Waals surface area (Å²) in [7, 11) is 1.62. The molecule has 3 aromatic rings. The van der Waals surface area contributed by atoms with Crippen molar-refractivity contribution in [3.8, 4) is 11.5 Å². The number of hydrogen-bond donors (Lipinski definition) is 1. The molecule has 0 saturated carbocycles. The molecule has 1 aliphatic heterocycles. The Balaban J connectivity index is 1.73. The van der Waals surface area contributed by atoms with Gasteiger partial charge in [-0.05, 0) is 48.9 Å². The Morgan fingerprint density at radius 2 is 1.72 bits per heavy atom. The van der Waals surface area contributed by atoms with Crippen molar-refractivity contribution in [3.63, 3.8) is 0 Å². The van der Waals surface area contributed by atoms with Crippen molar-refractivity contribution < 1.29 is 14.6 Å². The summed E-state index contributed by atoms with van der Waals surface area (Å²) in [5, 5.41) is 16.4. The van der Waals surface area contributed by atoms with Crippen molar-refractivity contribution in [2.75, 3.05) is 7.11 Å². The number of rotatable bonds is 4. The van der Waals surface area contributed by atoms with Gasteiger partial charge in [0, 0.05) is 17.5 Å². The van der Waals surface area contributed by atoms with Crippen molar-refractivity contribution in [1.82, 2.24) is 5.01 Å². The van der Waals surface area contributed by atoms with Gasteiger partial charge in [0.25, 0.3) is 5.91 Å². The highest BCUT2D eigenvalue weighted by molar-refractivity contribution is 6.06. The Morgan fingerprint density at radius 3 is 2.38 bits per heavy atom. The minimum atomic E-state index is -0.260. The Labute approximate surface area is 169 Å². The molecule has 1 amide bonds. The lowest BCUT2D eigenvalue weighted by atomic mass is 9.97. The second-order valence-electron chi connectivity index (χ2n) is 7.07. The molecule has 0 radical (unpaired) electrons. The average Bonchev–Trinajstić information content (AvgIpc) is 3.19. The molecule has 29 heavy (non-hydrogen) atoms. The topological polar surface area (TPSA) is 62.1 Å². The third kappa shape index (κ3) is 3.72. The van der Waals surface area contributed by atoms with E-state index in [4.69, 9.17) is 4.74 Å². The summed E-state index contributed by atoms with van der Waals surface area (Å²) in [6, 6.07) is 21.9. The molecule has 5 heteroatoms. The number of ether oxygens (including phenoxy) is 1. The zero-order chi connectivity index (χ0) is 20.4. The lowest BCUT2D eigenvalue weighted by Gasteiger charge is -2.22. The van der Waals surface area contributed by atoms with Crippen LogP contribution in [0.5, 0.6) is 11.5 Å². The van der Waals surface area contributed by atoms with Gasteiger partial charge >= 0.3 is 0 Å². The van der Waals surface area contributed by atoms with Gasteiger partial charge in [-0.3, -0.25) is 4.79 Å². The van der Waals surface area contributed by atoms with E-state index < -0.39 is 0 Å². The molecule has 4 rings (SSSR count). The van der Waals surface area contributed by atoms with Crippen molar-refractivity contribution in [2.24, 2.45) is 5.10 Å². The molecule has 1 atom stereocenters. The summed E-state index contributed by atoms with van der Waals surface area (Å²) in [6.45, 7) is 1.98. The normalized spacial score (nSPS) is 15.9. The molecule has 1 aliphatic rings. The van der Waals surface area contributed by atoms with E-state index in [9.17, 15) is 9.90 Å². The van der Waals surface area contributed by atoms with Crippen LogP contribution in [0.15, 0.2) is 77.9 Å². The molecule has 1 N–H and O–H groups in total. The zero-order valence-corrected chi connectivity index (χ0v) is 16.4. The maximum Gasteiger partial charge on any atom is 0.274 e. The van der Waals surface area contributed by atoms with Crippen molar-refractivity contribution in [3.05, 3.63) is 95.1 Å². The van der Waals surface area contributed by atoms with Crippen LogP contribution < -0.4 is 4.74 Å². The molecule has 146 valence electrons. The van der Waals surface area contributed by atoms with Gasteiger partial charge in [0.2, 0.25) is 0 Å². The van der Waals surface area contributed by atoms with Gasteiger partial charge in [0.15, 0.2) is 0 Å². The van der Waals surface area contributed by atoms with E-state index in [1.165, 1.54) is 5.01 Å². The van der Waals surface area contributed by atoms with Gasteiger partial charge in [-0.25, -0.2) is 5.01 Å². The van der Waals surface area contributed by atoms with Crippen LogP contribution in [0.4, 0.5) is 0 Å². The Hall–Kier alpha value is -3.60. The SMILES string of the molecule is COc1ccc(C2CC(c3ccccc3O)=NN2C(=O)c2ccc(C)cc2)cc1. The first kappa shape index (κ1) is 18.7. The number of para-hydroxylation sites is 1. The van der Waals surface area contributed by atoms with Crippen LogP contribution in [0.25, 0.3) is 0 Å². The van der Waals surface area contributed by atoms with Gasteiger partial charge in [0.05, 0.1) is 18.9 Å². The van der Waals surface area contributed by atoms with Crippen LogP contribution in [0.3, 0.4) is 0 Å². The van der Waals surface area contributed by atoms with Crippen LogP contribution in [-0.4, -0.2) is 28.8 Å². The van der Waals surface area contributed by atoms with Crippen molar-refractivity contribution >= 4 is 11.6 Å². The Kier molecular flexibility index (Phi) is 5.04. The summed E-state index contributed by atoms with van der Waals surface area (Å²) in [5.74, 6) is 0.741. The predicted octanol–water partition coefficient (Wildman–Crippen LogP) is 4.70. The highest BCUT2D eigenvalue weighted by atomic mass is 16.5. The minimum Gasteiger partial charge on any atom is -0.507 e. The largest absolute Gasteiger partial charge is 0.507 e. The fraction of sp³-hybridized carbons (Fsp3) is 0.167. The standard InChI is InChI=1S/C24H22N2O3/c1-16-7-9-18(10-8-16)24(28)26-22(17-11-13-19(29-2)14-12-17)15-21(25-26)20-5-3-4-6-23(20)27/h3-14,22,27H,15H2,1-2H3. The molecule has 0 fully saturated rings. The summed E-state index contributed by atoms with van der Waals surface area (Å²) in [5.41, 5.74) is 3.96. The molecule has 0 bridgehead atoms. The smallest absolute Gasteiger partial charge is 0.274 e. The second kappa shape index (κ2) is 7.80. The van der Waals surface area contributed by atoms with E-state index in [0.29, 0.717) is 23.3 Å². The first-order chi connectivity index (χ1) is 14.1. The summed E-state index contributed by atoms with van der Waals surface area (Å²) < 4.78 is 5.25. The number of benzene rings is 3. The molecular formula is C24H22N2O3. The number of hydrogen-bond acceptors (Lipinski definition) is 4. The lowest BCUT2D eigenvalue weighted by molar-refractivity contribution is 0.0711. The first-order valence-electron chi connectivity index (χ1n) is 9.47. The lowest BCUT2D eigenvalue weighted by Crippen LogP contribution is -2.27. The second-order valence-corrected chi connectivity index (χ2v) is 7.07. The third-order valence-corrected chi connectivity index (χ3v) is 5.13. The number of carbonyl (C=O) groups is 1. The van der Waals surface area contributed by atoms with E-state index in [2.05, 4.69) is 5.10 Å². The molecular weight excluding hydrogens is 364 g/mol. The maximum absolute atomic E-state index is 13.3. The fourth-order valence-corrected chi connectivity index (χ4v) is 3.49. The van der Waals surface area contributed by atoms with Gasteiger partial charge in [-0.15, -0.1) is 0 Å². The summed E-state index contributed by atoms with van der Waals surface area (Å²) in [6.07, 6.45) is 0.515. The van der Waals surface area contributed by atoms with E-state index in [-0.39, 0.29) is 17.7 Å². The molecule has 0 spiro atoms. The number of hydrazone groups is 1. The van der Waals surface area contributed by atoms with Gasteiger partial charge in [0.1, 0.15) is 11.5 Å². The monoisotopic (exact) mass is 386 g/mol. The quantitative estimate of drug-likeness (QED) is 0.707. The highest BCUT2D eigenvalue weighted by Gasteiger charge is 2.34. The van der Waals surface area contributed by atoms with Gasteiger partial charge in [-0.1, -0.05) is 42.0 Å². The molecule has 0 aromatic heterocycles. The van der Waals surface area contributed by atoms with Crippen LogP contribution in [-0.2, 0) is 0 Å². The molecule has 3 aromatic carbocycles. The fourth-order valence-electron chi connectivity index (χ4n) is 3.49. The van der Waals surface area contributed by atoms with E-state index >= 15 is 0 Å². The third-order valence-electron chi connectivity index (χ3n) is 5.13. The van der Waals surface area contributed by atoms with Gasteiger partial charge in [-0.2, -0.15) is 5.10 Å². The Bertz CT molecular complexity index is 1060. The van der Waals surface area contributed by atoms with Crippen molar-refractivity contribution in [2.45, 2.75) is 19.4 Å². The van der Waals surface area contributed by atoms with Crippen LogP contribution in [0.1, 0.15) is 39.5 Å². The molecule has 0 aliphatic carbocycles. The van der Waals surface area contributed by atoms with Crippen LogP contribution in [0, 0.1) is 6.92 Å². The number of phenolic OH excluding ortho intramolecular Hbond substituents is 1. The van der Waals surface area contributed by atoms with Crippen molar-refractivity contribution in [1.29, 1.82) is 0 Å².